The van der Waals surface area contributed by atoms with E-state index in [0.29, 0.717) is 5.92 Å². The predicted molar refractivity (Wildman–Crippen MR) is 168 cm³/mol. The molecule has 0 aliphatic carbocycles. The summed E-state index contributed by atoms with van der Waals surface area (Å²) >= 11 is 3.44. The molecule has 192 valence electrons. The van der Waals surface area contributed by atoms with Crippen molar-refractivity contribution in [2.45, 2.75) is 45.3 Å². The zero-order valence-electron chi connectivity index (χ0n) is 22.6. The van der Waals surface area contributed by atoms with Gasteiger partial charge < -0.3 is 4.98 Å². The molecule has 5 rings (SSSR count). The molecule has 38 heavy (non-hydrogen) atoms. The Bertz CT molecular complexity index is 1360. The first kappa shape index (κ1) is 27.7. The average molecular weight is 563 g/mol. The molecule has 0 saturated carbocycles. The summed E-state index contributed by atoms with van der Waals surface area (Å²) in [4.78, 5) is 7.81. The van der Waals surface area contributed by atoms with Crippen molar-refractivity contribution in [3.63, 3.8) is 0 Å². The first-order chi connectivity index (χ1) is 18.5. The number of aromatic amines is 1. The fourth-order valence-corrected chi connectivity index (χ4v) is 5.12. The van der Waals surface area contributed by atoms with Gasteiger partial charge in [-0.1, -0.05) is 120 Å². The second-order valence-corrected chi connectivity index (χ2v) is 10.7. The summed E-state index contributed by atoms with van der Waals surface area (Å²) in [5.41, 5.74) is 9.27. The molecule has 0 spiro atoms. The van der Waals surface area contributed by atoms with Gasteiger partial charge in [-0.3, -0.25) is 0 Å². The lowest BCUT2D eigenvalue weighted by Crippen LogP contribution is -2.05. The van der Waals surface area contributed by atoms with E-state index in [1.54, 1.807) is 0 Å². The third-order valence-corrected chi connectivity index (χ3v) is 7.50. The number of nitrogens with zero attached hydrogens (tertiary/aromatic N) is 1. The summed E-state index contributed by atoms with van der Waals surface area (Å²) in [6.45, 7) is 4.46. The van der Waals surface area contributed by atoms with Gasteiger partial charge in [0.25, 0.3) is 0 Å². The molecule has 0 saturated heterocycles. The van der Waals surface area contributed by atoms with Crippen LogP contribution in [0.15, 0.2) is 114 Å². The van der Waals surface area contributed by atoms with Crippen LogP contribution in [0.25, 0.3) is 11.3 Å². The molecule has 0 aliphatic heterocycles. The largest absolute Gasteiger partial charge is 0.342 e. The Hall–Kier alpha value is -3.37. The van der Waals surface area contributed by atoms with Crippen LogP contribution >= 0.6 is 15.9 Å². The van der Waals surface area contributed by atoms with Crippen molar-refractivity contribution >= 4 is 23.8 Å². The zero-order chi connectivity index (χ0) is 26.7. The van der Waals surface area contributed by atoms with Crippen molar-refractivity contribution in [2.75, 3.05) is 0 Å². The normalized spacial score (nSPS) is 10.7. The smallest absolute Gasteiger partial charge is 0.110 e. The molecule has 5 aromatic rings. The molecule has 0 bridgehead atoms. The van der Waals surface area contributed by atoms with E-state index in [4.69, 9.17) is 0 Å². The van der Waals surface area contributed by atoms with E-state index in [0.717, 1.165) is 28.0 Å². The van der Waals surface area contributed by atoms with Gasteiger partial charge in [0.05, 0.1) is 11.9 Å². The van der Waals surface area contributed by atoms with E-state index in [2.05, 4.69) is 133 Å². The molecule has 4 aromatic carbocycles. The molecule has 0 radical (unpaired) electrons. The van der Waals surface area contributed by atoms with E-state index < -0.39 is 0 Å². The number of hydrogen-bond acceptors (Lipinski definition) is 1. The quantitative estimate of drug-likeness (QED) is 0.188. The molecule has 0 fully saturated rings. The van der Waals surface area contributed by atoms with Gasteiger partial charge in [-0.2, -0.15) is 0 Å². The van der Waals surface area contributed by atoms with E-state index in [1.807, 2.05) is 24.4 Å². The molecule has 0 aliphatic rings. The second-order valence-electron chi connectivity index (χ2n) is 9.82. The Morgan fingerprint density at radius 2 is 1.34 bits per heavy atom. The average Bonchev–Trinajstić information content (AvgIpc) is 3.41. The monoisotopic (exact) mass is 562 g/mol. The van der Waals surface area contributed by atoms with Gasteiger partial charge >= 0.3 is 0 Å². The summed E-state index contributed by atoms with van der Waals surface area (Å²) in [7, 11) is 2.27. The fourth-order valence-electron chi connectivity index (χ4n) is 4.85. The van der Waals surface area contributed by atoms with Crippen molar-refractivity contribution in [1.29, 1.82) is 0 Å². The Balaban J connectivity index is 0.000000177. The lowest BCUT2D eigenvalue weighted by atomic mass is 9.81. The van der Waals surface area contributed by atoms with Crippen molar-refractivity contribution in [1.82, 2.24) is 9.97 Å². The van der Waals surface area contributed by atoms with Gasteiger partial charge in [0, 0.05) is 16.8 Å². The first-order valence-electron chi connectivity index (χ1n) is 13.5. The highest BCUT2D eigenvalue weighted by Gasteiger charge is 2.17. The minimum Gasteiger partial charge on any atom is -0.342 e. The van der Waals surface area contributed by atoms with Crippen LogP contribution in [0.1, 0.15) is 52.4 Å². The van der Waals surface area contributed by atoms with Gasteiger partial charge in [-0.05, 0) is 65.8 Å². The van der Waals surface area contributed by atoms with Gasteiger partial charge in [-0.25, -0.2) is 4.98 Å². The standard InChI is InChI=1S/C18H23B.C16H13BrN2/c1-14-8-3-5-10-16(14)18(12-7-13-19)17-11-6-4-9-15(17)2;17-14-8-6-12(7-9-14)10-16-18-11-15(19-16)13-4-2-1-3-5-13/h3-6,8-11,18H,7,12-13,19H2,1-2H3;1-9,11H,10H2,(H,18,19). The van der Waals surface area contributed by atoms with Crippen LogP contribution in [0.2, 0.25) is 6.32 Å². The lowest BCUT2D eigenvalue weighted by molar-refractivity contribution is 0.691. The lowest BCUT2D eigenvalue weighted by Gasteiger charge is -2.21. The summed E-state index contributed by atoms with van der Waals surface area (Å²) in [5, 5.41) is 0. The van der Waals surface area contributed by atoms with E-state index in [1.165, 1.54) is 47.0 Å². The van der Waals surface area contributed by atoms with Crippen LogP contribution < -0.4 is 0 Å². The maximum absolute atomic E-state index is 4.44. The van der Waals surface area contributed by atoms with Crippen LogP contribution in [-0.4, -0.2) is 17.8 Å². The molecule has 4 heteroatoms. The Labute approximate surface area is 237 Å². The minimum atomic E-state index is 0.544. The topological polar surface area (TPSA) is 28.7 Å². The molecule has 0 atom stereocenters. The molecule has 1 heterocycles. The van der Waals surface area contributed by atoms with Gasteiger partial charge in [-0.15, -0.1) is 0 Å². The van der Waals surface area contributed by atoms with E-state index in [-0.39, 0.29) is 0 Å². The van der Waals surface area contributed by atoms with E-state index in [9.17, 15) is 0 Å². The number of rotatable bonds is 8. The molecule has 1 N–H and O–H groups in total. The summed E-state index contributed by atoms with van der Waals surface area (Å²) in [6, 6.07) is 36.2. The number of nitrogens with one attached hydrogen (secondary N) is 1. The number of imidazole rings is 1. The van der Waals surface area contributed by atoms with Gasteiger partial charge in [0.1, 0.15) is 13.7 Å². The van der Waals surface area contributed by atoms with Crippen LogP contribution in [0.4, 0.5) is 0 Å². The van der Waals surface area contributed by atoms with Crippen molar-refractivity contribution < 1.29 is 0 Å². The number of benzene rings is 4. The highest BCUT2D eigenvalue weighted by atomic mass is 79.9. The maximum Gasteiger partial charge on any atom is 0.110 e. The van der Waals surface area contributed by atoms with Crippen molar-refractivity contribution in [3.05, 3.63) is 147 Å². The van der Waals surface area contributed by atoms with Gasteiger partial charge in [0.2, 0.25) is 0 Å². The maximum atomic E-state index is 4.44. The van der Waals surface area contributed by atoms with Crippen LogP contribution in [0.3, 0.4) is 0 Å². The number of H-pyrrole nitrogens is 1. The first-order valence-corrected chi connectivity index (χ1v) is 14.3. The molecule has 0 amide bonds. The predicted octanol–water partition coefficient (Wildman–Crippen LogP) is 8.70. The molecular weight excluding hydrogens is 527 g/mol. The molecular formula is C34H36BBrN2. The third kappa shape index (κ3) is 7.58. The number of hydrogen-bond donors (Lipinski definition) is 1. The molecule has 1 aromatic heterocycles. The number of aryl methyl sites for hydroxylation is 2. The Morgan fingerprint density at radius 1 is 0.763 bits per heavy atom. The number of halogens is 1. The zero-order valence-corrected chi connectivity index (χ0v) is 24.2. The Morgan fingerprint density at radius 3 is 1.92 bits per heavy atom. The number of aromatic nitrogens is 2. The SMILES string of the molecule is BCCCC(c1ccccc1C)c1ccccc1C.Brc1ccc(Cc2ncc(-c3ccccc3)[nH]2)cc1. The van der Waals surface area contributed by atoms with Gasteiger partial charge in [0.15, 0.2) is 0 Å². The highest BCUT2D eigenvalue weighted by molar-refractivity contribution is 9.10. The van der Waals surface area contributed by atoms with Crippen LogP contribution in [0, 0.1) is 13.8 Å². The van der Waals surface area contributed by atoms with Crippen LogP contribution in [-0.2, 0) is 6.42 Å². The van der Waals surface area contributed by atoms with Crippen LogP contribution in [0.5, 0.6) is 0 Å². The minimum absolute atomic E-state index is 0.544. The second kappa shape index (κ2) is 14.0. The van der Waals surface area contributed by atoms with Crippen molar-refractivity contribution in [2.24, 2.45) is 0 Å². The Kier molecular flexibility index (Phi) is 10.2. The molecule has 0 unspecified atom stereocenters. The van der Waals surface area contributed by atoms with E-state index >= 15 is 0 Å². The fraction of sp³-hybridized carbons (Fsp3) is 0.206. The summed E-state index contributed by atoms with van der Waals surface area (Å²) < 4.78 is 1.10. The highest BCUT2D eigenvalue weighted by Crippen LogP contribution is 2.33. The summed E-state index contributed by atoms with van der Waals surface area (Å²) in [6.07, 6.45) is 6.50. The summed E-state index contributed by atoms with van der Waals surface area (Å²) in [5.74, 6) is 1.53. The van der Waals surface area contributed by atoms with Crippen molar-refractivity contribution in [3.8, 4) is 11.3 Å². The molecule has 2 nitrogen and oxygen atoms in total. The third-order valence-electron chi connectivity index (χ3n) is 6.97.